The van der Waals surface area contributed by atoms with E-state index in [2.05, 4.69) is 0 Å². The molecular formula is C16H14O4. The van der Waals surface area contributed by atoms with Crippen molar-refractivity contribution in [3.8, 4) is 17.1 Å². The Labute approximate surface area is 116 Å². The Morgan fingerprint density at radius 1 is 1.15 bits per heavy atom. The van der Waals surface area contributed by atoms with E-state index in [1.54, 1.807) is 12.1 Å². The topological polar surface area (TPSA) is 56.5 Å². The molecule has 4 nitrogen and oxygen atoms in total. The lowest BCUT2D eigenvalue weighted by Gasteiger charge is -2.00. The van der Waals surface area contributed by atoms with E-state index in [1.165, 1.54) is 0 Å². The van der Waals surface area contributed by atoms with Crippen LogP contribution >= 0.6 is 0 Å². The predicted octanol–water partition coefficient (Wildman–Crippen LogP) is 3.05. The summed E-state index contributed by atoms with van der Waals surface area (Å²) in [5.74, 6) is 0.659. The number of ether oxygens (including phenoxy) is 1. The van der Waals surface area contributed by atoms with Crippen LogP contribution in [0.2, 0.25) is 0 Å². The maximum Gasteiger partial charge on any atom is 0.379 e. The highest BCUT2D eigenvalue weighted by atomic mass is 16.5. The average Bonchev–Trinajstić information content (AvgIpc) is 2.75. The van der Waals surface area contributed by atoms with Gasteiger partial charge in [-0.25, -0.2) is 4.79 Å². The summed E-state index contributed by atoms with van der Waals surface area (Å²) in [6, 6.07) is 3.53. The highest BCUT2D eigenvalue weighted by molar-refractivity contribution is 6.17. The van der Waals surface area contributed by atoms with Gasteiger partial charge in [-0.3, -0.25) is 4.79 Å². The fourth-order valence-corrected chi connectivity index (χ4v) is 2.63. The lowest BCUT2D eigenvalue weighted by atomic mass is 10.1. The number of carbonyl (C=O) groups is 1. The van der Waals surface area contributed by atoms with E-state index in [0.717, 1.165) is 16.7 Å². The van der Waals surface area contributed by atoms with Crippen molar-refractivity contribution >= 4 is 11.4 Å². The van der Waals surface area contributed by atoms with Crippen LogP contribution in [0.1, 0.15) is 35.3 Å². The van der Waals surface area contributed by atoms with Crippen LogP contribution in [0, 0.1) is 6.92 Å². The van der Waals surface area contributed by atoms with Crippen molar-refractivity contribution in [3.05, 3.63) is 45.3 Å². The van der Waals surface area contributed by atoms with Crippen LogP contribution in [0.25, 0.3) is 16.9 Å². The van der Waals surface area contributed by atoms with Gasteiger partial charge in [-0.05, 0) is 55.7 Å². The second-order valence-corrected chi connectivity index (χ2v) is 4.88. The monoisotopic (exact) mass is 270 g/mol. The molecule has 102 valence electrons. The molecule has 0 saturated carbocycles. The third-order valence-electron chi connectivity index (χ3n) is 3.51. The minimum atomic E-state index is -0.479. The largest absolute Gasteiger partial charge is 0.486 e. The average molecular weight is 270 g/mol. The molecule has 0 spiro atoms. The van der Waals surface area contributed by atoms with E-state index >= 15 is 0 Å². The minimum Gasteiger partial charge on any atom is -0.486 e. The first-order chi connectivity index (χ1) is 9.52. The number of furan rings is 1. The summed E-state index contributed by atoms with van der Waals surface area (Å²) in [5, 5.41) is 0. The van der Waals surface area contributed by atoms with Gasteiger partial charge in [0.25, 0.3) is 0 Å². The molecule has 0 aromatic carbocycles. The minimum absolute atomic E-state index is 0.00652. The van der Waals surface area contributed by atoms with Crippen LogP contribution in [0.5, 0.6) is 5.75 Å². The van der Waals surface area contributed by atoms with Crippen molar-refractivity contribution in [1.29, 1.82) is 0 Å². The van der Waals surface area contributed by atoms with Crippen molar-refractivity contribution in [2.45, 2.75) is 20.8 Å². The summed E-state index contributed by atoms with van der Waals surface area (Å²) in [6.45, 7) is 5.92. The van der Waals surface area contributed by atoms with E-state index in [0.29, 0.717) is 23.5 Å². The molecule has 0 radical (unpaired) electrons. The lowest BCUT2D eigenvalue weighted by molar-refractivity contribution is 0.104. The van der Waals surface area contributed by atoms with Gasteiger partial charge in [0.15, 0.2) is 5.78 Å². The zero-order valence-corrected chi connectivity index (χ0v) is 11.6. The molecule has 0 saturated heterocycles. The van der Waals surface area contributed by atoms with Gasteiger partial charge in [-0.2, -0.15) is 0 Å². The summed E-state index contributed by atoms with van der Waals surface area (Å²) in [5.41, 5.74) is 3.33. The molecule has 0 amide bonds. The van der Waals surface area contributed by atoms with Gasteiger partial charge in [0, 0.05) is 5.56 Å². The van der Waals surface area contributed by atoms with Crippen molar-refractivity contribution in [3.63, 3.8) is 0 Å². The first-order valence-corrected chi connectivity index (χ1v) is 6.50. The first kappa shape index (κ1) is 12.7. The molecule has 2 aliphatic carbocycles. The molecule has 20 heavy (non-hydrogen) atoms. The normalized spacial score (nSPS) is 13.6. The molecule has 1 heterocycles. The van der Waals surface area contributed by atoms with E-state index in [1.807, 2.05) is 26.8 Å². The molecule has 0 N–H and O–H groups in total. The van der Waals surface area contributed by atoms with Gasteiger partial charge in [-0.15, -0.1) is 0 Å². The lowest BCUT2D eigenvalue weighted by Crippen LogP contribution is -2.01. The Morgan fingerprint density at radius 2 is 1.90 bits per heavy atom. The van der Waals surface area contributed by atoms with Crippen LogP contribution in [-0.2, 0) is 0 Å². The molecule has 0 aromatic heterocycles. The molecule has 0 aromatic rings. The number of allylic oxidation sites excluding steroid dienone is 2. The number of hydrogen-bond donors (Lipinski definition) is 0. The Bertz CT molecular complexity index is 780. The summed E-state index contributed by atoms with van der Waals surface area (Å²) in [4.78, 5) is 23.8. The van der Waals surface area contributed by atoms with Crippen LogP contribution in [-0.4, -0.2) is 12.4 Å². The summed E-state index contributed by atoms with van der Waals surface area (Å²) in [7, 11) is 0. The number of hydrogen-bond acceptors (Lipinski definition) is 4. The zero-order valence-electron chi connectivity index (χ0n) is 11.6. The van der Waals surface area contributed by atoms with Gasteiger partial charge in [0.05, 0.1) is 12.2 Å². The smallest absolute Gasteiger partial charge is 0.379 e. The van der Waals surface area contributed by atoms with Crippen LogP contribution in [0.15, 0.2) is 27.4 Å². The summed E-state index contributed by atoms with van der Waals surface area (Å²) < 4.78 is 10.6. The molecule has 3 rings (SSSR count). The summed E-state index contributed by atoms with van der Waals surface area (Å²) in [6.07, 6.45) is 1.61. The SMILES string of the molecule is CCOc1c2cc3c(c(C)cc-2oc1=O)C(=O)C=C3C. The third-order valence-corrected chi connectivity index (χ3v) is 3.51. The van der Waals surface area contributed by atoms with Gasteiger partial charge >= 0.3 is 5.63 Å². The first-order valence-electron chi connectivity index (χ1n) is 6.50. The van der Waals surface area contributed by atoms with Gasteiger partial charge in [0.2, 0.25) is 5.75 Å². The standard InChI is InChI=1S/C16H14O4/c1-4-19-15-11-7-10-8(2)5-12(17)14(10)9(3)6-13(11)20-16(15)18/h5-7H,4H2,1-3H3. The second-order valence-electron chi connectivity index (χ2n) is 4.88. The van der Waals surface area contributed by atoms with Crippen molar-refractivity contribution in [1.82, 2.24) is 0 Å². The van der Waals surface area contributed by atoms with E-state index in [-0.39, 0.29) is 11.5 Å². The quantitative estimate of drug-likeness (QED) is 0.841. The number of carbonyl (C=O) groups excluding carboxylic acids is 1. The third kappa shape index (κ3) is 1.68. The van der Waals surface area contributed by atoms with Crippen LogP contribution < -0.4 is 10.4 Å². The highest BCUT2D eigenvalue weighted by Crippen LogP contribution is 2.37. The second kappa shape index (κ2) is 4.34. The number of fused-ring (bicyclic) bond motifs is 2. The zero-order chi connectivity index (χ0) is 14.4. The molecule has 0 atom stereocenters. The van der Waals surface area contributed by atoms with Gasteiger partial charge in [0.1, 0.15) is 5.76 Å². The van der Waals surface area contributed by atoms with Crippen LogP contribution in [0.4, 0.5) is 0 Å². The molecule has 3 aliphatic rings. The number of ketones is 1. The van der Waals surface area contributed by atoms with Crippen molar-refractivity contribution in [2.75, 3.05) is 6.61 Å². The van der Waals surface area contributed by atoms with Crippen molar-refractivity contribution in [2.24, 2.45) is 0 Å². The Balaban J connectivity index is 2.39. The maximum absolute atomic E-state index is 12.0. The Kier molecular flexibility index (Phi) is 2.74. The molecule has 4 heteroatoms. The fraction of sp³-hybridized carbons (Fsp3) is 0.250. The van der Waals surface area contributed by atoms with E-state index in [4.69, 9.17) is 9.15 Å². The van der Waals surface area contributed by atoms with E-state index < -0.39 is 5.63 Å². The van der Waals surface area contributed by atoms with Crippen molar-refractivity contribution < 1.29 is 13.9 Å². The van der Waals surface area contributed by atoms with Crippen LogP contribution in [0.3, 0.4) is 0 Å². The fourth-order valence-electron chi connectivity index (χ4n) is 2.63. The highest BCUT2D eigenvalue weighted by Gasteiger charge is 2.25. The summed E-state index contributed by atoms with van der Waals surface area (Å²) >= 11 is 0. The van der Waals surface area contributed by atoms with Gasteiger partial charge < -0.3 is 9.15 Å². The Hall–Kier alpha value is -2.36. The molecule has 0 unspecified atom stereocenters. The number of rotatable bonds is 2. The molecular weight excluding hydrogens is 256 g/mol. The molecule has 0 bridgehead atoms. The molecule has 0 fully saturated rings. The van der Waals surface area contributed by atoms with Gasteiger partial charge in [-0.1, -0.05) is 0 Å². The predicted molar refractivity (Wildman–Crippen MR) is 75.5 cm³/mol. The maximum atomic E-state index is 12.0. The number of aryl methyl sites for hydroxylation is 1. The Morgan fingerprint density at radius 3 is 2.60 bits per heavy atom. The molecule has 1 aliphatic heterocycles. The van der Waals surface area contributed by atoms with E-state index in [9.17, 15) is 9.59 Å².